The van der Waals surface area contributed by atoms with Crippen molar-refractivity contribution in [2.24, 2.45) is 0 Å². The Kier molecular flexibility index (Phi) is 8.49. The Labute approximate surface area is 247 Å². The van der Waals surface area contributed by atoms with Crippen LogP contribution in [0, 0.1) is 0 Å². The van der Waals surface area contributed by atoms with Gasteiger partial charge in [-0.3, -0.25) is 9.59 Å². The number of Topliss-reactive ketones (excluding diaryl/α,β-unsaturated/α-hetero) is 1. The molecule has 3 amide bonds. The SMILES string of the molecule is COc1ccc(CN2C(=O)[C@@H]3CCCN3c3ccc(NC(=O)Nc4ccccc4)cc3[C@H]2C(=O)CNC(C)(C)C)cc1. The molecule has 0 aromatic heterocycles. The van der Waals surface area contributed by atoms with E-state index >= 15 is 0 Å². The third kappa shape index (κ3) is 6.57. The number of para-hydroxylation sites is 1. The smallest absolute Gasteiger partial charge is 0.323 e. The zero-order valence-electron chi connectivity index (χ0n) is 24.6. The van der Waals surface area contributed by atoms with E-state index in [0.717, 1.165) is 36.4 Å². The lowest BCUT2D eigenvalue weighted by Gasteiger charge is -2.32. The van der Waals surface area contributed by atoms with Gasteiger partial charge < -0.3 is 30.5 Å². The molecule has 1 saturated heterocycles. The molecule has 0 radical (unpaired) electrons. The van der Waals surface area contributed by atoms with Crippen LogP contribution >= 0.6 is 0 Å². The average Bonchev–Trinajstić information content (AvgIpc) is 3.43. The minimum absolute atomic E-state index is 0.0649. The number of fused-ring (bicyclic) bond motifs is 3. The van der Waals surface area contributed by atoms with Crippen molar-refractivity contribution in [3.05, 3.63) is 83.9 Å². The Balaban J connectivity index is 1.54. The fourth-order valence-corrected chi connectivity index (χ4v) is 5.62. The maximum absolute atomic E-state index is 14.2. The Morgan fingerprint density at radius 2 is 1.67 bits per heavy atom. The molecule has 3 N–H and O–H groups in total. The Hall–Kier alpha value is -4.37. The number of hydrogen-bond acceptors (Lipinski definition) is 6. The molecular formula is C33H39N5O4. The van der Waals surface area contributed by atoms with Crippen molar-refractivity contribution in [1.29, 1.82) is 0 Å². The summed E-state index contributed by atoms with van der Waals surface area (Å²) in [4.78, 5) is 45.0. The fourth-order valence-electron chi connectivity index (χ4n) is 5.62. The maximum Gasteiger partial charge on any atom is 0.323 e. The highest BCUT2D eigenvalue weighted by atomic mass is 16.5. The highest BCUT2D eigenvalue weighted by molar-refractivity contribution is 6.01. The highest BCUT2D eigenvalue weighted by Crippen LogP contribution is 2.42. The van der Waals surface area contributed by atoms with Crippen LogP contribution in [0.5, 0.6) is 5.75 Å². The van der Waals surface area contributed by atoms with E-state index in [0.29, 0.717) is 16.9 Å². The van der Waals surface area contributed by atoms with Gasteiger partial charge >= 0.3 is 6.03 Å². The van der Waals surface area contributed by atoms with Gasteiger partial charge in [0.1, 0.15) is 17.8 Å². The van der Waals surface area contributed by atoms with Crippen molar-refractivity contribution >= 4 is 34.8 Å². The van der Waals surface area contributed by atoms with Crippen LogP contribution in [0.3, 0.4) is 0 Å². The summed E-state index contributed by atoms with van der Waals surface area (Å²) in [7, 11) is 1.61. The molecule has 2 aliphatic rings. The van der Waals surface area contributed by atoms with Crippen molar-refractivity contribution < 1.29 is 19.1 Å². The molecule has 1 fully saturated rings. The van der Waals surface area contributed by atoms with Crippen LogP contribution in [0.2, 0.25) is 0 Å². The summed E-state index contributed by atoms with van der Waals surface area (Å²) in [6, 6.07) is 20.8. The van der Waals surface area contributed by atoms with Crippen LogP contribution < -0.4 is 25.6 Å². The molecule has 42 heavy (non-hydrogen) atoms. The Bertz CT molecular complexity index is 1440. The molecular weight excluding hydrogens is 530 g/mol. The molecule has 9 nitrogen and oxygen atoms in total. The Morgan fingerprint density at radius 1 is 0.952 bits per heavy atom. The Morgan fingerprint density at radius 3 is 2.36 bits per heavy atom. The normalized spacial score (nSPS) is 18.1. The lowest BCUT2D eigenvalue weighted by atomic mass is 9.96. The summed E-state index contributed by atoms with van der Waals surface area (Å²) in [5, 5.41) is 9.06. The van der Waals surface area contributed by atoms with Crippen LogP contribution in [0.25, 0.3) is 0 Å². The van der Waals surface area contributed by atoms with E-state index in [1.54, 1.807) is 12.0 Å². The molecule has 3 aromatic rings. The van der Waals surface area contributed by atoms with Crippen molar-refractivity contribution in [1.82, 2.24) is 10.2 Å². The van der Waals surface area contributed by atoms with Gasteiger partial charge in [-0.2, -0.15) is 0 Å². The largest absolute Gasteiger partial charge is 0.497 e. The number of carbonyl (C=O) groups excluding carboxylic acids is 3. The summed E-state index contributed by atoms with van der Waals surface area (Å²) in [5.41, 5.74) is 3.38. The van der Waals surface area contributed by atoms with Crippen LogP contribution in [0.15, 0.2) is 72.8 Å². The zero-order valence-corrected chi connectivity index (χ0v) is 24.6. The molecule has 0 saturated carbocycles. The summed E-state index contributed by atoms with van der Waals surface area (Å²) in [6.45, 7) is 7.10. The number of rotatable bonds is 8. The predicted octanol–water partition coefficient (Wildman–Crippen LogP) is 5.35. The van der Waals surface area contributed by atoms with Gasteiger partial charge in [0, 0.05) is 41.3 Å². The van der Waals surface area contributed by atoms with Crippen LogP contribution in [-0.2, 0) is 16.1 Å². The molecule has 0 aliphatic carbocycles. The van der Waals surface area contributed by atoms with Crippen LogP contribution in [0.4, 0.5) is 21.9 Å². The van der Waals surface area contributed by atoms with Gasteiger partial charge in [-0.1, -0.05) is 30.3 Å². The molecule has 2 atom stereocenters. The van der Waals surface area contributed by atoms with Crippen molar-refractivity contribution in [3.8, 4) is 5.75 Å². The molecule has 3 aromatic carbocycles. The van der Waals surface area contributed by atoms with Crippen molar-refractivity contribution in [2.45, 2.75) is 57.8 Å². The number of nitrogens with one attached hydrogen (secondary N) is 3. The number of anilines is 3. The van der Waals surface area contributed by atoms with E-state index in [4.69, 9.17) is 4.74 Å². The summed E-state index contributed by atoms with van der Waals surface area (Å²) >= 11 is 0. The average molecular weight is 570 g/mol. The first-order valence-corrected chi connectivity index (χ1v) is 14.4. The molecule has 5 rings (SSSR count). The van der Waals surface area contributed by atoms with E-state index < -0.39 is 12.1 Å². The van der Waals surface area contributed by atoms with Crippen molar-refractivity contribution in [3.63, 3.8) is 0 Å². The number of nitrogens with zero attached hydrogens (tertiary/aromatic N) is 2. The van der Waals surface area contributed by atoms with Gasteiger partial charge in [0.05, 0.1) is 13.7 Å². The van der Waals surface area contributed by atoms with Gasteiger partial charge in [-0.15, -0.1) is 0 Å². The van der Waals surface area contributed by atoms with E-state index in [1.807, 2.05) is 93.6 Å². The summed E-state index contributed by atoms with van der Waals surface area (Å²) < 4.78 is 5.32. The maximum atomic E-state index is 14.2. The van der Waals surface area contributed by atoms with Crippen LogP contribution in [-0.4, -0.2) is 54.4 Å². The number of ketones is 1. The third-order valence-corrected chi connectivity index (χ3v) is 7.66. The first-order chi connectivity index (χ1) is 20.1. The molecule has 2 aliphatic heterocycles. The molecule has 0 unspecified atom stereocenters. The number of amides is 3. The minimum Gasteiger partial charge on any atom is -0.497 e. The topological polar surface area (TPSA) is 103 Å². The van der Waals surface area contributed by atoms with Gasteiger partial charge in [-0.25, -0.2) is 4.79 Å². The number of ether oxygens (including phenoxy) is 1. The predicted molar refractivity (Wildman–Crippen MR) is 165 cm³/mol. The number of carbonyl (C=O) groups is 3. The summed E-state index contributed by atoms with van der Waals surface area (Å²) in [5.74, 6) is 0.546. The number of benzene rings is 3. The fraction of sp³-hybridized carbons (Fsp3) is 0.364. The van der Waals surface area contributed by atoms with Gasteiger partial charge in [0.25, 0.3) is 0 Å². The number of urea groups is 1. The second kappa shape index (κ2) is 12.2. The quantitative estimate of drug-likeness (QED) is 0.338. The van der Waals surface area contributed by atoms with Gasteiger partial charge in [-0.05, 0) is 81.6 Å². The second-order valence-electron chi connectivity index (χ2n) is 11.9. The lowest BCUT2D eigenvalue weighted by Crippen LogP contribution is -2.48. The molecule has 0 spiro atoms. The van der Waals surface area contributed by atoms with Crippen LogP contribution in [0.1, 0.15) is 50.8 Å². The number of methoxy groups -OCH3 is 1. The van der Waals surface area contributed by atoms with E-state index in [9.17, 15) is 14.4 Å². The van der Waals surface area contributed by atoms with E-state index in [2.05, 4.69) is 20.9 Å². The molecule has 220 valence electrons. The van der Waals surface area contributed by atoms with Gasteiger partial charge in [0.2, 0.25) is 5.91 Å². The first-order valence-electron chi connectivity index (χ1n) is 14.4. The third-order valence-electron chi connectivity index (χ3n) is 7.66. The zero-order chi connectivity index (χ0) is 29.9. The molecule has 9 heteroatoms. The highest BCUT2D eigenvalue weighted by Gasteiger charge is 2.44. The second-order valence-corrected chi connectivity index (χ2v) is 11.9. The van der Waals surface area contributed by atoms with Crippen molar-refractivity contribution in [2.75, 3.05) is 35.7 Å². The minimum atomic E-state index is -0.839. The molecule has 2 heterocycles. The van der Waals surface area contributed by atoms with E-state index in [1.165, 1.54) is 0 Å². The first kappa shape index (κ1) is 29.1. The number of hydrogen-bond donors (Lipinski definition) is 3. The summed E-state index contributed by atoms with van der Waals surface area (Å²) in [6.07, 6.45) is 1.61. The van der Waals surface area contributed by atoms with E-state index in [-0.39, 0.29) is 36.4 Å². The lowest BCUT2D eigenvalue weighted by molar-refractivity contribution is -0.141. The monoisotopic (exact) mass is 569 g/mol. The standard InChI is InChI=1S/C33H39N5O4/c1-33(2,3)34-20-29(39)30-26-19-24(36-32(41)35-23-9-6-5-7-10-23)14-17-27(26)37-18-8-11-28(37)31(40)38(30)21-22-12-15-25(42-4)16-13-22/h5-7,9-10,12-17,19,28,30,34H,8,11,18,20-21H2,1-4H3,(H2,35,36,41)/t28-,30-/m0/s1. The molecule has 0 bridgehead atoms. The van der Waals surface area contributed by atoms with Gasteiger partial charge in [0.15, 0.2) is 5.78 Å².